The second-order valence-corrected chi connectivity index (χ2v) is 2.24. The summed E-state index contributed by atoms with van der Waals surface area (Å²) in [5, 5.41) is 9.12. The molecule has 3 nitrogen and oxygen atoms in total. The highest BCUT2D eigenvalue weighted by Crippen LogP contribution is 2.30. The van der Waals surface area contributed by atoms with Crippen LogP contribution in [0.4, 0.5) is 5.69 Å². The highest BCUT2D eigenvalue weighted by molar-refractivity contribution is 5.58. The standard InChI is InChI=1S/C9H11NO2/c1-3-12-9-6-7(11)4-5-8(9)10-2/h4-6,11H,2-3H2,1H3. The summed E-state index contributed by atoms with van der Waals surface area (Å²) in [4.78, 5) is 3.74. The Morgan fingerprint density at radius 1 is 1.58 bits per heavy atom. The van der Waals surface area contributed by atoms with Gasteiger partial charge in [0.25, 0.3) is 0 Å². The van der Waals surface area contributed by atoms with E-state index in [0.717, 1.165) is 0 Å². The molecule has 0 radical (unpaired) electrons. The quantitative estimate of drug-likeness (QED) is 0.697. The molecule has 0 unspecified atom stereocenters. The lowest BCUT2D eigenvalue weighted by molar-refractivity contribution is 0.339. The fourth-order valence-electron chi connectivity index (χ4n) is 0.905. The summed E-state index contributed by atoms with van der Waals surface area (Å²) in [6, 6.07) is 4.73. The monoisotopic (exact) mass is 165 g/mol. The second-order valence-electron chi connectivity index (χ2n) is 2.24. The molecule has 0 aliphatic heterocycles. The van der Waals surface area contributed by atoms with E-state index in [-0.39, 0.29) is 5.75 Å². The van der Waals surface area contributed by atoms with Crippen molar-refractivity contribution >= 4 is 12.4 Å². The Balaban J connectivity index is 3.03. The Hall–Kier alpha value is -1.51. The molecule has 0 aliphatic rings. The Labute approximate surface area is 71.3 Å². The van der Waals surface area contributed by atoms with Crippen molar-refractivity contribution in [3.63, 3.8) is 0 Å². The first-order valence-corrected chi connectivity index (χ1v) is 3.70. The van der Waals surface area contributed by atoms with Crippen LogP contribution in [0.3, 0.4) is 0 Å². The third kappa shape index (κ3) is 1.75. The van der Waals surface area contributed by atoms with Gasteiger partial charge in [-0.05, 0) is 25.8 Å². The lowest BCUT2D eigenvalue weighted by Gasteiger charge is -2.05. The minimum absolute atomic E-state index is 0.172. The summed E-state index contributed by atoms with van der Waals surface area (Å²) in [6.07, 6.45) is 0. The zero-order valence-electron chi connectivity index (χ0n) is 6.95. The third-order valence-corrected chi connectivity index (χ3v) is 1.41. The summed E-state index contributed by atoms with van der Waals surface area (Å²) >= 11 is 0. The van der Waals surface area contributed by atoms with Crippen molar-refractivity contribution in [1.82, 2.24) is 0 Å². The van der Waals surface area contributed by atoms with Crippen LogP contribution < -0.4 is 4.74 Å². The predicted octanol–water partition coefficient (Wildman–Crippen LogP) is 2.12. The molecule has 1 aromatic rings. The molecule has 1 N–H and O–H groups in total. The van der Waals surface area contributed by atoms with Gasteiger partial charge in [0.15, 0.2) is 0 Å². The summed E-state index contributed by atoms with van der Waals surface area (Å²) in [7, 11) is 0. The maximum atomic E-state index is 9.12. The van der Waals surface area contributed by atoms with Gasteiger partial charge in [-0.25, -0.2) is 0 Å². The van der Waals surface area contributed by atoms with Crippen LogP contribution >= 0.6 is 0 Å². The number of nitrogens with zero attached hydrogens (tertiary/aromatic N) is 1. The molecule has 12 heavy (non-hydrogen) atoms. The molecule has 1 rings (SSSR count). The van der Waals surface area contributed by atoms with Gasteiger partial charge in [-0.2, -0.15) is 0 Å². The van der Waals surface area contributed by atoms with E-state index in [2.05, 4.69) is 11.7 Å². The number of ether oxygens (including phenoxy) is 1. The van der Waals surface area contributed by atoms with Crippen LogP contribution in [-0.2, 0) is 0 Å². The van der Waals surface area contributed by atoms with Crippen LogP contribution in [0.1, 0.15) is 6.92 Å². The van der Waals surface area contributed by atoms with Crippen LogP contribution in [0.15, 0.2) is 23.2 Å². The molecule has 0 amide bonds. The van der Waals surface area contributed by atoms with Crippen molar-refractivity contribution in [3.05, 3.63) is 18.2 Å². The first-order chi connectivity index (χ1) is 5.77. The number of hydrogen-bond donors (Lipinski definition) is 1. The van der Waals surface area contributed by atoms with E-state index in [1.807, 2.05) is 6.92 Å². The molecule has 0 atom stereocenters. The van der Waals surface area contributed by atoms with Gasteiger partial charge >= 0.3 is 0 Å². The maximum Gasteiger partial charge on any atom is 0.148 e. The Morgan fingerprint density at radius 2 is 2.33 bits per heavy atom. The average Bonchev–Trinajstić information content (AvgIpc) is 2.05. The average molecular weight is 165 g/mol. The molecule has 0 spiro atoms. The molecule has 0 aromatic heterocycles. The van der Waals surface area contributed by atoms with Gasteiger partial charge in [0.2, 0.25) is 0 Å². The fourth-order valence-corrected chi connectivity index (χ4v) is 0.905. The number of benzene rings is 1. The molecular weight excluding hydrogens is 154 g/mol. The first-order valence-electron chi connectivity index (χ1n) is 3.70. The molecular formula is C9H11NO2. The van der Waals surface area contributed by atoms with Gasteiger partial charge in [-0.3, -0.25) is 4.99 Å². The van der Waals surface area contributed by atoms with Crippen LogP contribution in [-0.4, -0.2) is 18.4 Å². The number of rotatable bonds is 3. The summed E-state index contributed by atoms with van der Waals surface area (Å²) < 4.78 is 5.21. The Bertz CT molecular complexity index is 284. The number of hydrogen-bond acceptors (Lipinski definition) is 3. The van der Waals surface area contributed by atoms with Crippen molar-refractivity contribution in [2.45, 2.75) is 6.92 Å². The number of aromatic hydroxyl groups is 1. The zero-order valence-corrected chi connectivity index (χ0v) is 6.95. The largest absolute Gasteiger partial charge is 0.508 e. The molecule has 0 saturated heterocycles. The molecule has 3 heteroatoms. The van der Waals surface area contributed by atoms with Crippen LogP contribution in [0.2, 0.25) is 0 Å². The zero-order chi connectivity index (χ0) is 8.97. The smallest absolute Gasteiger partial charge is 0.148 e. The van der Waals surface area contributed by atoms with Gasteiger partial charge in [-0.1, -0.05) is 0 Å². The molecule has 0 saturated carbocycles. The minimum atomic E-state index is 0.172. The van der Waals surface area contributed by atoms with Gasteiger partial charge in [-0.15, -0.1) is 0 Å². The van der Waals surface area contributed by atoms with Crippen LogP contribution in [0, 0.1) is 0 Å². The van der Waals surface area contributed by atoms with E-state index in [1.165, 1.54) is 6.07 Å². The highest BCUT2D eigenvalue weighted by atomic mass is 16.5. The van der Waals surface area contributed by atoms with Gasteiger partial charge < -0.3 is 9.84 Å². The van der Waals surface area contributed by atoms with Gasteiger partial charge in [0.1, 0.15) is 17.2 Å². The van der Waals surface area contributed by atoms with Crippen LogP contribution in [0.25, 0.3) is 0 Å². The Morgan fingerprint density at radius 3 is 2.92 bits per heavy atom. The molecule has 1 aromatic carbocycles. The predicted molar refractivity (Wildman–Crippen MR) is 48.5 cm³/mol. The number of phenols is 1. The molecule has 0 fully saturated rings. The SMILES string of the molecule is C=Nc1ccc(O)cc1OCC. The van der Waals surface area contributed by atoms with E-state index in [0.29, 0.717) is 18.0 Å². The number of aliphatic imine (C=N–C) groups is 1. The maximum absolute atomic E-state index is 9.12. The second kappa shape index (κ2) is 3.76. The molecule has 0 bridgehead atoms. The van der Waals surface area contributed by atoms with Crippen molar-refractivity contribution in [2.75, 3.05) is 6.61 Å². The van der Waals surface area contributed by atoms with Crippen molar-refractivity contribution in [3.8, 4) is 11.5 Å². The van der Waals surface area contributed by atoms with E-state index in [4.69, 9.17) is 9.84 Å². The van der Waals surface area contributed by atoms with Crippen molar-refractivity contribution < 1.29 is 9.84 Å². The highest BCUT2D eigenvalue weighted by Gasteiger charge is 2.01. The normalized spacial score (nSPS) is 9.42. The first kappa shape index (κ1) is 8.59. The van der Waals surface area contributed by atoms with E-state index < -0.39 is 0 Å². The molecule has 64 valence electrons. The summed E-state index contributed by atoms with van der Waals surface area (Å²) in [5.74, 6) is 0.735. The van der Waals surface area contributed by atoms with Gasteiger partial charge in [0.05, 0.1) is 6.61 Å². The van der Waals surface area contributed by atoms with E-state index in [1.54, 1.807) is 12.1 Å². The topological polar surface area (TPSA) is 41.8 Å². The number of phenolic OH excluding ortho intramolecular Hbond substituents is 1. The molecule has 0 aliphatic carbocycles. The van der Waals surface area contributed by atoms with Crippen molar-refractivity contribution in [1.29, 1.82) is 0 Å². The Kier molecular flexibility index (Phi) is 2.69. The third-order valence-electron chi connectivity index (χ3n) is 1.41. The van der Waals surface area contributed by atoms with E-state index >= 15 is 0 Å². The van der Waals surface area contributed by atoms with Gasteiger partial charge in [0, 0.05) is 6.07 Å². The minimum Gasteiger partial charge on any atom is -0.508 e. The summed E-state index contributed by atoms with van der Waals surface area (Å²) in [6.45, 7) is 5.81. The van der Waals surface area contributed by atoms with E-state index in [9.17, 15) is 0 Å². The molecule has 0 heterocycles. The fraction of sp³-hybridized carbons (Fsp3) is 0.222. The van der Waals surface area contributed by atoms with Crippen LogP contribution in [0.5, 0.6) is 11.5 Å². The summed E-state index contributed by atoms with van der Waals surface area (Å²) in [5.41, 5.74) is 0.648. The lowest BCUT2D eigenvalue weighted by Crippen LogP contribution is -1.91. The van der Waals surface area contributed by atoms with Crippen molar-refractivity contribution in [2.24, 2.45) is 4.99 Å². The lowest BCUT2D eigenvalue weighted by atomic mass is 10.3.